The molecule has 0 fully saturated rings. The Morgan fingerprint density at radius 1 is 1.18 bits per heavy atom. The van der Waals surface area contributed by atoms with Crippen molar-refractivity contribution in [2.24, 2.45) is 5.92 Å². The van der Waals surface area contributed by atoms with Crippen LogP contribution in [0.3, 0.4) is 0 Å². The fourth-order valence-corrected chi connectivity index (χ4v) is 3.32. The van der Waals surface area contributed by atoms with Crippen LogP contribution in [0.15, 0.2) is 59.1 Å². The maximum Gasteiger partial charge on any atom is 1.00 e. The van der Waals surface area contributed by atoms with E-state index in [0.717, 1.165) is 32.9 Å². The minimum absolute atomic E-state index is 0. The number of nitrogens with zero attached hydrogens (tertiary/aromatic N) is 1. The molecule has 28 heavy (non-hydrogen) atoms. The van der Waals surface area contributed by atoms with Crippen molar-refractivity contribution in [1.29, 1.82) is 0 Å². The molecular weight excluding hydrogens is 429 g/mol. The molecule has 4 nitrogen and oxygen atoms in total. The minimum Gasteiger partial charge on any atom is -1.00 e. The second-order valence-electron chi connectivity index (χ2n) is 6.90. The SMILES string of the molecule is Cc1ccc(-c2cc(Br)ccc2OCC(C)C)n1-c1cccc(C(=O)O)c1.[H-].[Na+]. The summed E-state index contributed by atoms with van der Waals surface area (Å²) in [6.07, 6.45) is 0. The quantitative estimate of drug-likeness (QED) is 0.585. The maximum absolute atomic E-state index is 11.4. The molecule has 6 heteroatoms. The van der Waals surface area contributed by atoms with Crippen LogP contribution in [0.2, 0.25) is 0 Å². The molecule has 1 aromatic heterocycles. The van der Waals surface area contributed by atoms with Crippen LogP contribution >= 0.6 is 15.9 Å². The summed E-state index contributed by atoms with van der Waals surface area (Å²) in [6.45, 7) is 6.86. The summed E-state index contributed by atoms with van der Waals surface area (Å²) in [4.78, 5) is 11.4. The average molecular weight is 452 g/mol. The van der Waals surface area contributed by atoms with E-state index in [9.17, 15) is 9.90 Å². The molecule has 1 N–H and O–H groups in total. The Hall–Kier alpha value is -1.53. The van der Waals surface area contributed by atoms with Gasteiger partial charge in [0.05, 0.1) is 17.9 Å². The van der Waals surface area contributed by atoms with Crippen LogP contribution in [0.4, 0.5) is 0 Å². The van der Waals surface area contributed by atoms with Gasteiger partial charge in [0.15, 0.2) is 0 Å². The number of rotatable bonds is 6. The molecule has 2 aromatic carbocycles. The van der Waals surface area contributed by atoms with Crippen LogP contribution in [0.5, 0.6) is 5.75 Å². The number of benzene rings is 2. The Labute approximate surface area is 197 Å². The number of ether oxygens (including phenoxy) is 1. The average Bonchev–Trinajstić information content (AvgIpc) is 3.02. The number of carbonyl (C=O) groups is 1. The third kappa shape index (κ3) is 5.09. The number of carboxylic acids is 1. The first-order chi connectivity index (χ1) is 12.9. The van der Waals surface area contributed by atoms with E-state index in [1.165, 1.54) is 0 Å². The first-order valence-electron chi connectivity index (χ1n) is 8.81. The molecule has 0 radical (unpaired) electrons. The normalized spacial score (nSPS) is 10.6. The van der Waals surface area contributed by atoms with Crippen molar-refractivity contribution < 1.29 is 45.6 Å². The molecular formula is C22H23BrNNaO3. The first kappa shape index (κ1) is 22.8. The van der Waals surface area contributed by atoms with Gasteiger partial charge in [0, 0.05) is 21.4 Å². The predicted octanol–water partition coefficient (Wildman–Crippen LogP) is 3.06. The van der Waals surface area contributed by atoms with Crippen molar-refractivity contribution >= 4 is 21.9 Å². The van der Waals surface area contributed by atoms with E-state index >= 15 is 0 Å². The smallest absolute Gasteiger partial charge is 1.00 e. The van der Waals surface area contributed by atoms with Gasteiger partial charge in [0.2, 0.25) is 0 Å². The Morgan fingerprint density at radius 2 is 1.93 bits per heavy atom. The monoisotopic (exact) mass is 451 g/mol. The van der Waals surface area contributed by atoms with Gasteiger partial charge >= 0.3 is 35.5 Å². The predicted molar refractivity (Wildman–Crippen MR) is 112 cm³/mol. The Bertz CT molecular complexity index is 988. The van der Waals surface area contributed by atoms with Crippen LogP contribution in [0.25, 0.3) is 16.9 Å². The van der Waals surface area contributed by atoms with Crippen molar-refractivity contribution in [2.75, 3.05) is 6.61 Å². The van der Waals surface area contributed by atoms with Crippen molar-refractivity contribution in [3.8, 4) is 22.7 Å². The van der Waals surface area contributed by atoms with Crippen LogP contribution in [0.1, 0.15) is 31.3 Å². The van der Waals surface area contributed by atoms with Crippen LogP contribution < -0.4 is 34.3 Å². The van der Waals surface area contributed by atoms with E-state index in [1.807, 2.05) is 43.3 Å². The van der Waals surface area contributed by atoms with Crippen molar-refractivity contribution in [3.63, 3.8) is 0 Å². The van der Waals surface area contributed by atoms with Crippen LogP contribution in [0, 0.1) is 12.8 Å². The van der Waals surface area contributed by atoms with Gasteiger partial charge < -0.3 is 15.8 Å². The summed E-state index contributed by atoms with van der Waals surface area (Å²) < 4.78 is 9.05. The largest absolute Gasteiger partial charge is 1.00 e. The molecule has 0 aliphatic heterocycles. The standard InChI is InChI=1S/C22H22BrNO3.Na.H/c1-14(2)13-27-21-10-8-17(23)12-19(21)20-9-7-15(3)24(20)18-6-4-5-16(11-18)22(25)26;;/h4-12,14H,13H2,1-3H3,(H,25,26);;/q;+1;-1. The van der Waals surface area contributed by atoms with Gasteiger partial charge in [-0.2, -0.15) is 0 Å². The summed E-state index contributed by atoms with van der Waals surface area (Å²) in [7, 11) is 0. The maximum atomic E-state index is 11.4. The van der Waals surface area contributed by atoms with E-state index in [-0.39, 0.29) is 36.5 Å². The zero-order valence-electron chi connectivity index (χ0n) is 17.6. The molecule has 0 atom stereocenters. The first-order valence-corrected chi connectivity index (χ1v) is 9.61. The van der Waals surface area contributed by atoms with Gasteiger partial charge in [0.1, 0.15) is 5.75 Å². The molecule has 3 aromatic rings. The van der Waals surface area contributed by atoms with E-state index in [0.29, 0.717) is 12.5 Å². The number of carboxylic acid groups (broad SMARTS) is 1. The number of aromatic nitrogens is 1. The Kier molecular flexibility index (Phi) is 7.96. The summed E-state index contributed by atoms with van der Waals surface area (Å²) in [5, 5.41) is 9.33. The minimum atomic E-state index is -0.938. The fraction of sp³-hybridized carbons (Fsp3) is 0.227. The molecule has 0 aliphatic carbocycles. The molecule has 3 rings (SSSR count). The fourth-order valence-electron chi connectivity index (χ4n) is 2.95. The molecule has 0 bridgehead atoms. The van der Waals surface area contributed by atoms with Crippen LogP contribution in [-0.2, 0) is 0 Å². The number of hydrogen-bond donors (Lipinski definition) is 1. The van der Waals surface area contributed by atoms with Crippen molar-refractivity contribution in [2.45, 2.75) is 20.8 Å². The van der Waals surface area contributed by atoms with Gasteiger partial charge in [0.25, 0.3) is 0 Å². The number of halogens is 1. The molecule has 1 heterocycles. The number of aryl methyl sites for hydroxylation is 1. The second-order valence-corrected chi connectivity index (χ2v) is 7.81. The van der Waals surface area contributed by atoms with E-state index in [4.69, 9.17) is 4.74 Å². The van der Waals surface area contributed by atoms with E-state index in [2.05, 4.69) is 34.3 Å². The number of hydrogen-bond acceptors (Lipinski definition) is 2. The Balaban J connectivity index is 0.00000210. The van der Waals surface area contributed by atoms with E-state index < -0.39 is 5.97 Å². The molecule has 0 amide bonds. The molecule has 0 saturated heterocycles. The third-order valence-electron chi connectivity index (χ3n) is 4.22. The molecule has 142 valence electrons. The topological polar surface area (TPSA) is 51.5 Å². The number of aromatic carboxylic acids is 1. The summed E-state index contributed by atoms with van der Waals surface area (Å²) in [5.41, 5.74) is 4.00. The molecule has 0 unspecified atom stereocenters. The van der Waals surface area contributed by atoms with Gasteiger partial charge in [-0.05, 0) is 61.4 Å². The van der Waals surface area contributed by atoms with Crippen molar-refractivity contribution in [3.05, 3.63) is 70.3 Å². The van der Waals surface area contributed by atoms with E-state index in [1.54, 1.807) is 18.2 Å². The van der Waals surface area contributed by atoms with Crippen LogP contribution in [-0.4, -0.2) is 22.2 Å². The van der Waals surface area contributed by atoms with Crippen molar-refractivity contribution in [1.82, 2.24) is 4.57 Å². The van der Waals surface area contributed by atoms with Gasteiger partial charge in [-0.1, -0.05) is 35.8 Å². The molecule has 0 spiro atoms. The third-order valence-corrected chi connectivity index (χ3v) is 4.71. The van der Waals surface area contributed by atoms with Gasteiger partial charge in [-0.15, -0.1) is 0 Å². The second kappa shape index (κ2) is 9.79. The summed E-state index contributed by atoms with van der Waals surface area (Å²) in [6, 6.07) is 17.0. The molecule has 0 aliphatic rings. The zero-order chi connectivity index (χ0) is 19.6. The summed E-state index contributed by atoms with van der Waals surface area (Å²) >= 11 is 3.55. The molecule has 0 saturated carbocycles. The zero-order valence-corrected chi connectivity index (χ0v) is 20.2. The Morgan fingerprint density at radius 3 is 2.61 bits per heavy atom. The van der Waals surface area contributed by atoms with Gasteiger partial charge in [-0.25, -0.2) is 4.79 Å². The summed E-state index contributed by atoms with van der Waals surface area (Å²) in [5.74, 6) is 0.287. The van der Waals surface area contributed by atoms with Gasteiger partial charge in [-0.3, -0.25) is 0 Å².